The number of para-hydroxylation sites is 1. The Bertz CT molecular complexity index is 1530. The molecule has 0 radical (unpaired) electrons. The smallest absolute Gasteiger partial charge is 0.282 e. The van der Waals surface area contributed by atoms with E-state index < -0.39 is 10.2 Å². The van der Waals surface area contributed by atoms with Crippen molar-refractivity contribution in [1.29, 1.82) is 0 Å². The molecule has 12 heteroatoms. The van der Waals surface area contributed by atoms with Crippen LogP contribution < -0.4 is 10.1 Å². The molecule has 0 aliphatic carbocycles. The first-order chi connectivity index (χ1) is 18.4. The SMILES string of the molecule is CCN1CCN(CCNc2nccc(-c3cn(-c4ccccc4)nc3-c3ccc(Cl)c(OC)c3)n2)S1(=O)=O. The first-order valence-corrected chi connectivity index (χ1v) is 14.0. The average molecular weight is 554 g/mol. The molecule has 198 valence electrons. The summed E-state index contributed by atoms with van der Waals surface area (Å²) in [5.41, 5.74) is 3.89. The minimum atomic E-state index is -3.40. The Balaban J connectivity index is 1.43. The van der Waals surface area contributed by atoms with Gasteiger partial charge >= 0.3 is 0 Å². The Hall–Kier alpha value is -3.51. The summed E-state index contributed by atoms with van der Waals surface area (Å²) < 4.78 is 35.2. The Morgan fingerprint density at radius 1 is 1.08 bits per heavy atom. The fourth-order valence-electron chi connectivity index (χ4n) is 4.35. The lowest BCUT2D eigenvalue weighted by atomic mass is 10.1. The van der Waals surface area contributed by atoms with Gasteiger partial charge in [0.15, 0.2) is 0 Å². The number of methoxy groups -OCH3 is 1. The zero-order valence-electron chi connectivity index (χ0n) is 21.1. The summed E-state index contributed by atoms with van der Waals surface area (Å²) in [6, 6.07) is 17.1. The van der Waals surface area contributed by atoms with E-state index in [-0.39, 0.29) is 0 Å². The number of aromatic nitrogens is 4. The quantitative estimate of drug-likeness (QED) is 0.334. The molecule has 5 rings (SSSR count). The molecule has 0 atom stereocenters. The molecule has 4 aromatic rings. The molecule has 0 bridgehead atoms. The standard InChI is InChI=1S/C26H28ClN7O3S/c1-3-32-15-16-33(38(32,35)36)14-13-29-26-28-12-11-23(30-26)21-18-34(20-7-5-4-6-8-20)31-25(21)19-9-10-22(27)24(17-19)37-2/h4-12,17-18H,3,13-16H2,1-2H3,(H,28,29,30). The maximum Gasteiger partial charge on any atom is 0.282 e. The summed E-state index contributed by atoms with van der Waals surface area (Å²) in [5, 5.41) is 8.54. The molecule has 3 heterocycles. The second-order valence-electron chi connectivity index (χ2n) is 8.61. The van der Waals surface area contributed by atoms with Crippen molar-refractivity contribution >= 4 is 27.8 Å². The van der Waals surface area contributed by atoms with Crippen molar-refractivity contribution in [3.05, 3.63) is 72.0 Å². The van der Waals surface area contributed by atoms with Crippen molar-refractivity contribution in [2.24, 2.45) is 0 Å². The Morgan fingerprint density at radius 2 is 1.87 bits per heavy atom. The van der Waals surface area contributed by atoms with E-state index in [1.807, 2.05) is 61.7 Å². The van der Waals surface area contributed by atoms with Gasteiger partial charge in [-0.15, -0.1) is 0 Å². The number of halogens is 1. The van der Waals surface area contributed by atoms with E-state index >= 15 is 0 Å². The largest absolute Gasteiger partial charge is 0.495 e. The summed E-state index contributed by atoms with van der Waals surface area (Å²) >= 11 is 6.27. The maximum absolute atomic E-state index is 12.5. The van der Waals surface area contributed by atoms with Crippen molar-refractivity contribution in [3.63, 3.8) is 0 Å². The number of nitrogens with zero attached hydrogens (tertiary/aromatic N) is 6. The van der Waals surface area contributed by atoms with E-state index in [9.17, 15) is 8.42 Å². The van der Waals surface area contributed by atoms with Gasteiger partial charge in [0.25, 0.3) is 10.2 Å². The molecule has 1 aliphatic rings. The highest BCUT2D eigenvalue weighted by atomic mass is 35.5. The van der Waals surface area contributed by atoms with Crippen LogP contribution in [-0.4, -0.2) is 76.6 Å². The lowest BCUT2D eigenvalue weighted by molar-refractivity contribution is 0.415. The van der Waals surface area contributed by atoms with E-state index in [0.29, 0.717) is 60.8 Å². The second kappa shape index (κ2) is 11.1. The van der Waals surface area contributed by atoms with Crippen LogP contribution in [0.25, 0.3) is 28.2 Å². The fraction of sp³-hybridized carbons (Fsp3) is 0.269. The number of nitrogens with one attached hydrogen (secondary N) is 1. The number of hydrogen-bond acceptors (Lipinski definition) is 7. The summed E-state index contributed by atoms with van der Waals surface area (Å²) in [7, 11) is -1.82. The monoisotopic (exact) mass is 553 g/mol. The molecule has 0 unspecified atom stereocenters. The molecule has 1 saturated heterocycles. The highest BCUT2D eigenvalue weighted by molar-refractivity contribution is 7.87. The first kappa shape index (κ1) is 26.1. The molecule has 10 nitrogen and oxygen atoms in total. The van der Waals surface area contributed by atoms with Crippen molar-refractivity contribution in [2.45, 2.75) is 6.92 Å². The van der Waals surface area contributed by atoms with Crippen molar-refractivity contribution in [1.82, 2.24) is 28.4 Å². The molecular formula is C26H28ClN7O3S. The van der Waals surface area contributed by atoms with Gasteiger partial charge in [-0.2, -0.15) is 22.1 Å². The number of anilines is 1. The van der Waals surface area contributed by atoms with Crippen LogP contribution in [0.3, 0.4) is 0 Å². The highest BCUT2D eigenvalue weighted by Crippen LogP contribution is 2.35. The minimum absolute atomic E-state index is 0.328. The van der Waals surface area contributed by atoms with E-state index in [1.54, 1.807) is 24.1 Å². The van der Waals surface area contributed by atoms with Crippen molar-refractivity contribution in [2.75, 3.05) is 45.2 Å². The predicted molar refractivity (Wildman–Crippen MR) is 148 cm³/mol. The molecule has 2 aromatic heterocycles. The van der Waals surface area contributed by atoms with Crippen molar-refractivity contribution in [3.8, 4) is 34.0 Å². The maximum atomic E-state index is 12.5. The molecule has 1 N–H and O–H groups in total. The van der Waals surface area contributed by atoms with Crippen molar-refractivity contribution < 1.29 is 13.2 Å². The molecular weight excluding hydrogens is 526 g/mol. The van der Waals surface area contributed by atoms with E-state index in [1.165, 1.54) is 8.61 Å². The predicted octanol–water partition coefficient (Wildman–Crippen LogP) is 3.95. The van der Waals surface area contributed by atoms with Crippen LogP contribution >= 0.6 is 11.6 Å². The van der Waals surface area contributed by atoms with E-state index in [0.717, 1.165) is 16.8 Å². The lowest BCUT2D eigenvalue weighted by Crippen LogP contribution is -2.35. The summed E-state index contributed by atoms with van der Waals surface area (Å²) in [6.07, 6.45) is 3.59. The molecule has 1 aliphatic heterocycles. The molecule has 0 saturated carbocycles. The van der Waals surface area contributed by atoms with Gasteiger partial charge in [-0.1, -0.05) is 42.8 Å². The first-order valence-electron chi connectivity index (χ1n) is 12.2. The van der Waals surface area contributed by atoms with Crippen LogP contribution in [0.1, 0.15) is 6.92 Å². The Morgan fingerprint density at radius 3 is 2.61 bits per heavy atom. The fourth-order valence-corrected chi connectivity index (χ4v) is 6.14. The van der Waals surface area contributed by atoms with Gasteiger partial charge in [-0.3, -0.25) is 0 Å². The normalized spacial score (nSPS) is 15.6. The average Bonchev–Trinajstić information content (AvgIpc) is 3.50. The minimum Gasteiger partial charge on any atom is -0.495 e. The Kier molecular flexibility index (Phi) is 7.61. The topological polar surface area (TPSA) is 105 Å². The molecule has 0 spiro atoms. The number of hydrogen-bond donors (Lipinski definition) is 1. The third-order valence-electron chi connectivity index (χ3n) is 6.34. The summed E-state index contributed by atoms with van der Waals surface area (Å²) in [4.78, 5) is 9.05. The van der Waals surface area contributed by atoms with Crippen LogP contribution in [0.4, 0.5) is 5.95 Å². The van der Waals surface area contributed by atoms with Gasteiger partial charge in [0.05, 0.1) is 23.5 Å². The number of likely N-dealkylation sites (N-methyl/N-ethyl adjacent to an activating group) is 1. The molecule has 38 heavy (non-hydrogen) atoms. The van der Waals surface area contributed by atoms with Crippen LogP contribution in [0.5, 0.6) is 5.75 Å². The molecule has 1 fully saturated rings. The third kappa shape index (κ3) is 5.23. The van der Waals surface area contributed by atoms with Gasteiger partial charge < -0.3 is 10.1 Å². The van der Waals surface area contributed by atoms with Gasteiger partial charge in [0.1, 0.15) is 11.4 Å². The van der Waals surface area contributed by atoms with E-state index in [2.05, 4.69) is 10.3 Å². The summed E-state index contributed by atoms with van der Waals surface area (Å²) in [5.74, 6) is 0.950. The zero-order valence-corrected chi connectivity index (χ0v) is 22.7. The third-order valence-corrected chi connectivity index (χ3v) is 8.76. The van der Waals surface area contributed by atoms with Gasteiger partial charge in [0, 0.05) is 56.2 Å². The van der Waals surface area contributed by atoms with Crippen LogP contribution in [-0.2, 0) is 10.2 Å². The molecule has 0 amide bonds. The van der Waals surface area contributed by atoms with Gasteiger partial charge in [0.2, 0.25) is 5.95 Å². The number of benzene rings is 2. The van der Waals surface area contributed by atoms with Gasteiger partial charge in [-0.05, 0) is 30.3 Å². The zero-order chi connectivity index (χ0) is 26.7. The van der Waals surface area contributed by atoms with E-state index in [4.69, 9.17) is 26.4 Å². The summed E-state index contributed by atoms with van der Waals surface area (Å²) in [6.45, 7) is 4.00. The van der Waals surface area contributed by atoms with Crippen LogP contribution in [0, 0.1) is 0 Å². The highest BCUT2D eigenvalue weighted by Gasteiger charge is 2.34. The van der Waals surface area contributed by atoms with Crippen LogP contribution in [0.2, 0.25) is 5.02 Å². The lowest BCUT2D eigenvalue weighted by Gasteiger charge is -2.17. The second-order valence-corrected chi connectivity index (χ2v) is 10.9. The Labute approximate surface area is 227 Å². The molecule has 2 aromatic carbocycles. The van der Waals surface area contributed by atoms with Crippen LogP contribution in [0.15, 0.2) is 67.0 Å². The number of ether oxygens (including phenoxy) is 1. The van der Waals surface area contributed by atoms with Gasteiger partial charge in [-0.25, -0.2) is 14.6 Å². The number of rotatable bonds is 9.